The van der Waals surface area contributed by atoms with Crippen molar-refractivity contribution in [1.82, 2.24) is 24.9 Å². The van der Waals surface area contributed by atoms with E-state index in [1.807, 2.05) is 50.4 Å². The zero-order valence-electron chi connectivity index (χ0n) is 18.9. The Bertz CT molecular complexity index is 1350. The predicted octanol–water partition coefficient (Wildman–Crippen LogP) is 4.11. The lowest BCUT2D eigenvalue weighted by molar-refractivity contribution is 0.0985. The van der Waals surface area contributed by atoms with Crippen LogP contribution in [0.1, 0.15) is 26.5 Å². The Morgan fingerprint density at radius 1 is 1.15 bits per heavy atom. The van der Waals surface area contributed by atoms with Crippen molar-refractivity contribution in [1.29, 1.82) is 5.26 Å². The number of aromatic amines is 1. The lowest BCUT2D eigenvalue weighted by atomic mass is 9.90. The highest BCUT2D eigenvalue weighted by atomic mass is 16.5. The summed E-state index contributed by atoms with van der Waals surface area (Å²) in [6, 6.07) is 12.3. The fourth-order valence-corrected chi connectivity index (χ4v) is 4.06. The van der Waals surface area contributed by atoms with Crippen molar-refractivity contribution in [3.05, 3.63) is 54.6 Å². The summed E-state index contributed by atoms with van der Waals surface area (Å²) in [4.78, 5) is 24.2. The van der Waals surface area contributed by atoms with E-state index in [2.05, 4.69) is 32.8 Å². The van der Waals surface area contributed by atoms with Crippen molar-refractivity contribution in [2.45, 2.75) is 32.2 Å². The van der Waals surface area contributed by atoms with E-state index < -0.39 is 5.41 Å². The van der Waals surface area contributed by atoms with Crippen LogP contribution < -0.4 is 4.90 Å². The lowest BCUT2D eigenvalue weighted by Gasteiger charge is -2.34. The molecular formula is C25H25N7O. The highest BCUT2D eigenvalue weighted by Gasteiger charge is 2.24. The largest absolute Gasteiger partial charge is 0.377 e. The molecule has 166 valence electrons. The number of rotatable bonds is 4. The van der Waals surface area contributed by atoms with Gasteiger partial charge in [-0.3, -0.25) is 4.98 Å². The standard InChI is InChI=1S/C25H25N7O/c1-16-14-33-11-10-32(16)22-13-20(17-4-7-27-21(12-17)25(2,3)15-26)30-24(31-22)19-6-9-29-23-18(19)5-8-28-23/h4-9,12-13,16H,10-11,14H2,1-3H3,(H,28,29)/t16-/m1/s1. The maximum absolute atomic E-state index is 9.58. The van der Waals surface area contributed by atoms with Gasteiger partial charge in [0.2, 0.25) is 0 Å². The van der Waals surface area contributed by atoms with Crippen molar-refractivity contribution >= 4 is 16.9 Å². The lowest BCUT2D eigenvalue weighted by Crippen LogP contribution is -2.44. The fourth-order valence-electron chi connectivity index (χ4n) is 4.06. The molecule has 1 aliphatic rings. The zero-order valence-corrected chi connectivity index (χ0v) is 18.9. The summed E-state index contributed by atoms with van der Waals surface area (Å²) in [6.45, 7) is 7.94. The summed E-state index contributed by atoms with van der Waals surface area (Å²) in [7, 11) is 0. The Balaban J connectivity index is 1.69. The van der Waals surface area contributed by atoms with Crippen molar-refractivity contribution in [2.24, 2.45) is 0 Å². The number of hydrogen-bond donors (Lipinski definition) is 1. The molecule has 8 heteroatoms. The van der Waals surface area contributed by atoms with Gasteiger partial charge in [-0.2, -0.15) is 5.26 Å². The third-order valence-corrected chi connectivity index (χ3v) is 6.05. The van der Waals surface area contributed by atoms with Gasteiger partial charge in [0.25, 0.3) is 0 Å². The number of H-pyrrole nitrogens is 1. The van der Waals surface area contributed by atoms with E-state index in [0.29, 0.717) is 24.7 Å². The topological polar surface area (TPSA) is 104 Å². The number of fused-ring (bicyclic) bond motifs is 1. The Morgan fingerprint density at radius 3 is 2.82 bits per heavy atom. The SMILES string of the molecule is C[C@@H]1COCCN1c1cc(-c2ccnc(C(C)(C)C#N)c2)nc(-c2ccnc3[nH]ccc23)n1. The molecule has 0 spiro atoms. The highest BCUT2D eigenvalue weighted by Crippen LogP contribution is 2.32. The van der Waals surface area contributed by atoms with Gasteiger partial charge in [0.05, 0.1) is 42.1 Å². The van der Waals surface area contributed by atoms with Crippen LogP contribution in [-0.4, -0.2) is 50.7 Å². The van der Waals surface area contributed by atoms with Gasteiger partial charge in [-0.1, -0.05) is 0 Å². The number of anilines is 1. The smallest absolute Gasteiger partial charge is 0.162 e. The molecule has 0 aromatic carbocycles. The molecule has 4 aromatic heterocycles. The molecule has 4 aromatic rings. The van der Waals surface area contributed by atoms with E-state index >= 15 is 0 Å². The molecule has 5 heterocycles. The number of ether oxygens (including phenoxy) is 1. The fraction of sp³-hybridized carbons (Fsp3) is 0.320. The zero-order chi connectivity index (χ0) is 23.0. The second-order valence-electron chi connectivity index (χ2n) is 8.82. The molecule has 0 bridgehead atoms. The first-order valence-electron chi connectivity index (χ1n) is 11.0. The third kappa shape index (κ3) is 3.92. The maximum Gasteiger partial charge on any atom is 0.162 e. The van der Waals surface area contributed by atoms with E-state index in [0.717, 1.165) is 40.2 Å². The van der Waals surface area contributed by atoms with E-state index in [-0.39, 0.29) is 6.04 Å². The van der Waals surface area contributed by atoms with E-state index in [1.165, 1.54) is 0 Å². The third-order valence-electron chi connectivity index (χ3n) is 6.05. The summed E-state index contributed by atoms with van der Waals surface area (Å²) < 4.78 is 5.64. The Labute approximate surface area is 192 Å². The van der Waals surface area contributed by atoms with Gasteiger partial charge < -0.3 is 14.6 Å². The van der Waals surface area contributed by atoms with Crippen LogP contribution in [0.25, 0.3) is 33.7 Å². The molecule has 0 aliphatic carbocycles. The normalized spacial score (nSPS) is 16.7. The Kier molecular flexibility index (Phi) is 5.27. The van der Waals surface area contributed by atoms with Crippen molar-refractivity contribution in [2.75, 3.05) is 24.7 Å². The van der Waals surface area contributed by atoms with E-state index in [1.54, 1.807) is 12.4 Å². The monoisotopic (exact) mass is 439 g/mol. The number of nitriles is 1. The predicted molar refractivity (Wildman–Crippen MR) is 127 cm³/mol. The van der Waals surface area contributed by atoms with Crippen molar-refractivity contribution in [3.8, 4) is 28.7 Å². The van der Waals surface area contributed by atoms with Gasteiger partial charge in [-0.05, 0) is 45.0 Å². The average Bonchev–Trinajstić information content (AvgIpc) is 3.33. The van der Waals surface area contributed by atoms with Crippen LogP contribution in [-0.2, 0) is 10.2 Å². The van der Waals surface area contributed by atoms with Gasteiger partial charge in [-0.15, -0.1) is 0 Å². The molecule has 1 saturated heterocycles. The molecule has 0 saturated carbocycles. The molecular weight excluding hydrogens is 414 g/mol. The first-order chi connectivity index (χ1) is 16.0. The van der Waals surface area contributed by atoms with Crippen LogP contribution in [0.3, 0.4) is 0 Å². The molecule has 0 radical (unpaired) electrons. The van der Waals surface area contributed by atoms with Gasteiger partial charge in [0.15, 0.2) is 5.82 Å². The summed E-state index contributed by atoms with van der Waals surface area (Å²) in [5.74, 6) is 1.48. The molecule has 33 heavy (non-hydrogen) atoms. The van der Waals surface area contributed by atoms with Crippen LogP contribution in [0, 0.1) is 11.3 Å². The van der Waals surface area contributed by atoms with Crippen LogP contribution in [0.4, 0.5) is 5.82 Å². The van der Waals surface area contributed by atoms with Gasteiger partial charge in [0, 0.05) is 47.7 Å². The van der Waals surface area contributed by atoms with Crippen LogP contribution >= 0.6 is 0 Å². The summed E-state index contributed by atoms with van der Waals surface area (Å²) in [5.41, 5.74) is 3.40. The van der Waals surface area contributed by atoms with Crippen LogP contribution in [0.2, 0.25) is 0 Å². The molecule has 8 nitrogen and oxygen atoms in total. The van der Waals surface area contributed by atoms with Crippen molar-refractivity contribution < 1.29 is 4.74 Å². The number of hydrogen-bond acceptors (Lipinski definition) is 7. The Morgan fingerprint density at radius 2 is 2.00 bits per heavy atom. The summed E-state index contributed by atoms with van der Waals surface area (Å²) in [5, 5.41) is 10.6. The Hall–Kier alpha value is -3.83. The minimum atomic E-state index is -0.699. The first-order valence-corrected chi connectivity index (χ1v) is 11.0. The molecule has 1 N–H and O–H groups in total. The quantitative estimate of drug-likeness (QED) is 0.510. The van der Waals surface area contributed by atoms with Gasteiger partial charge in [0.1, 0.15) is 11.5 Å². The van der Waals surface area contributed by atoms with Crippen LogP contribution in [0.5, 0.6) is 0 Å². The van der Waals surface area contributed by atoms with Crippen molar-refractivity contribution in [3.63, 3.8) is 0 Å². The van der Waals surface area contributed by atoms with Gasteiger partial charge in [-0.25, -0.2) is 15.0 Å². The molecule has 1 aliphatic heterocycles. The van der Waals surface area contributed by atoms with E-state index in [4.69, 9.17) is 14.7 Å². The second-order valence-corrected chi connectivity index (χ2v) is 8.82. The molecule has 5 rings (SSSR count). The van der Waals surface area contributed by atoms with Gasteiger partial charge >= 0.3 is 0 Å². The number of nitrogens with zero attached hydrogens (tertiary/aromatic N) is 6. The number of nitrogens with one attached hydrogen (secondary N) is 1. The highest BCUT2D eigenvalue weighted by molar-refractivity contribution is 5.91. The number of aromatic nitrogens is 5. The maximum atomic E-state index is 9.58. The average molecular weight is 440 g/mol. The minimum absolute atomic E-state index is 0.199. The summed E-state index contributed by atoms with van der Waals surface area (Å²) in [6.07, 6.45) is 5.37. The minimum Gasteiger partial charge on any atom is -0.377 e. The molecule has 1 atom stereocenters. The van der Waals surface area contributed by atoms with Crippen LogP contribution in [0.15, 0.2) is 48.9 Å². The number of morpholine rings is 1. The first kappa shape index (κ1) is 21.0. The molecule has 1 fully saturated rings. The molecule has 0 amide bonds. The second kappa shape index (κ2) is 8.26. The van der Waals surface area contributed by atoms with E-state index in [9.17, 15) is 5.26 Å². The number of pyridine rings is 2. The summed E-state index contributed by atoms with van der Waals surface area (Å²) >= 11 is 0. The molecule has 0 unspecified atom stereocenters.